The molecule has 1 aromatic carbocycles. The number of hydrogen-bond donors (Lipinski definition) is 1. The van der Waals surface area contributed by atoms with Gasteiger partial charge in [0.2, 0.25) is 0 Å². The highest BCUT2D eigenvalue weighted by Gasteiger charge is 2.01. The summed E-state index contributed by atoms with van der Waals surface area (Å²) in [7, 11) is 0. The van der Waals surface area contributed by atoms with Crippen LogP contribution in [-0.4, -0.2) is 19.1 Å². The average molecular weight is 270 g/mol. The molecule has 1 N–H and O–H groups in total. The molecule has 100 valence electrons. The topological polar surface area (TPSA) is 38.3 Å². The molecule has 0 aliphatic heterocycles. The number of nitrogens with one attached hydrogen (secondary N) is 1. The Morgan fingerprint density at radius 2 is 2.06 bits per heavy atom. The number of carbonyl (C=O) groups excluding carboxylic acids is 1. The molecule has 0 spiro atoms. The molecule has 0 aliphatic carbocycles. The number of anilines is 1. The normalized spacial score (nSPS) is 10.1. The van der Waals surface area contributed by atoms with E-state index >= 15 is 0 Å². The molecule has 0 fully saturated rings. The Hall–Kier alpha value is -1.22. The smallest absolute Gasteiger partial charge is 0.305 e. The Kier molecular flexibility index (Phi) is 7.26. The summed E-state index contributed by atoms with van der Waals surface area (Å²) in [6, 6.07) is 7.69. The quantitative estimate of drug-likeness (QED) is 0.575. The lowest BCUT2D eigenvalue weighted by Crippen LogP contribution is -2.05. The lowest BCUT2D eigenvalue weighted by Gasteiger charge is -2.07. The average Bonchev–Trinajstić information content (AvgIpc) is 2.36. The van der Waals surface area contributed by atoms with Gasteiger partial charge in [-0.25, -0.2) is 0 Å². The molecule has 0 bridgehead atoms. The van der Waals surface area contributed by atoms with Gasteiger partial charge in [0.15, 0.2) is 0 Å². The molecule has 0 saturated carbocycles. The highest BCUT2D eigenvalue weighted by molar-refractivity contribution is 6.33. The number of ether oxygens (including phenoxy) is 1. The number of para-hydroxylation sites is 1. The fourth-order valence-electron chi connectivity index (χ4n) is 1.63. The Morgan fingerprint density at radius 1 is 1.28 bits per heavy atom. The number of esters is 1. The van der Waals surface area contributed by atoms with Crippen LogP contribution < -0.4 is 5.32 Å². The Morgan fingerprint density at radius 3 is 2.78 bits per heavy atom. The molecular formula is C14H20ClNO2. The van der Waals surface area contributed by atoms with E-state index in [0.717, 1.165) is 36.5 Å². The largest absolute Gasteiger partial charge is 0.466 e. The standard InChI is InChI=1S/C14H20ClNO2/c1-2-18-14(17)10-4-3-7-11-16-13-9-6-5-8-12(13)15/h5-6,8-9,16H,2-4,7,10-11H2,1H3. The first-order valence-electron chi connectivity index (χ1n) is 6.38. The van der Waals surface area contributed by atoms with Crippen LogP contribution in [0.3, 0.4) is 0 Å². The molecule has 0 unspecified atom stereocenters. The summed E-state index contributed by atoms with van der Waals surface area (Å²) in [5.74, 6) is -0.100. The van der Waals surface area contributed by atoms with Crippen molar-refractivity contribution in [3.05, 3.63) is 29.3 Å². The fraction of sp³-hybridized carbons (Fsp3) is 0.500. The van der Waals surface area contributed by atoms with Gasteiger partial charge in [-0.3, -0.25) is 4.79 Å². The monoisotopic (exact) mass is 269 g/mol. The second kappa shape index (κ2) is 8.81. The van der Waals surface area contributed by atoms with Crippen molar-refractivity contribution in [3.8, 4) is 0 Å². The molecule has 0 aliphatic rings. The van der Waals surface area contributed by atoms with Gasteiger partial charge in [-0.2, -0.15) is 0 Å². The number of halogens is 1. The summed E-state index contributed by atoms with van der Waals surface area (Å²) >= 11 is 6.02. The predicted molar refractivity (Wildman–Crippen MR) is 75.0 cm³/mol. The van der Waals surface area contributed by atoms with E-state index in [1.54, 1.807) is 0 Å². The van der Waals surface area contributed by atoms with Crippen LogP contribution in [0.15, 0.2) is 24.3 Å². The van der Waals surface area contributed by atoms with E-state index in [1.807, 2.05) is 31.2 Å². The van der Waals surface area contributed by atoms with Gasteiger partial charge >= 0.3 is 5.97 Å². The first-order chi connectivity index (χ1) is 8.74. The van der Waals surface area contributed by atoms with Crippen molar-refractivity contribution >= 4 is 23.3 Å². The maximum Gasteiger partial charge on any atom is 0.305 e. The molecule has 0 aromatic heterocycles. The van der Waals surface area contributed by atoms with Gasteiger partial charge in [-0.05, 0) is 31.9 Å². The van der Waals surface area contributed by atoms with Crippen molar-refractivity contribution in [1.82, 2.24) is 0 Å². The lowest BCUT2D eigenvalue weighted by atomic mass is 10.2. The summed E-state index contributed by atoms with van der Waals surface area (Å²) in [6.45, 7) is 3.16. The zero-order valence-corrected chi connectivity index (χ0v) is 11.5. The second-order valence-electron chi connectivity index (χ2n) is 4.02. The van der Waals surface area contributed by atoms with E-state index in [0.29, 0.717) is 13.0 Å². The molecule has 0 heterocycles. The molecule has 0 saturated heterocycles. The van der Waals surface area contributed by atoms with Crippen LogP contribution in [0, 0.1) is 0 Å². The van der Waals surface area contributed by atoms with E-state index in [4.69, 9.17) is 16.3 Å². The van der Waals surface area contributed by atoms with Gasteiger partial charge in [-0.1, -0.05) is 30.2 Å². The van der Waals surface area contributed by atoms with Crippen LogP contribution in [0.5, 0.6) is 0 Å². The third kappa shape index (κ3) is 5.92. The third-order valence-corrected chi connectivity index (χ3v) is 2.88. The van der Waals surface area contributed by atoms with Crippen LogP contribution in [0.4, 0.5) is 5.69 Å². The van der Waals surface area contributed by atoms with Crippen molar-refractivity contribution in [1.29, 1.82) is 0 Å². The van der Waals surface area contributed by atoms with E-state index in [-0.39, 0.29) is 5.97 Å². The van der Waals surface area contributed by atoms with Crippen LogP contribution in [0.25, 0.3) is 0 Å². The van der Waals surface area contributed by atoms with Crippen molar-refractivity contribution in [2.24, 2.45) is 0 Å². The van der Waals surface area contributed by atoms with Crippen molar-refractivity contribution < 1.29 is 9.53 Å². The SMILES string of the molecule is CCOC(=O)CCCCCNc1ccccc1Cl. The van der Waals surface area contributed by atoms with Crippen LogP contribution in [-0.2, 0) is 9.53 Å². The number of benzene rings is 1. The highest BCUT2D eigenvalue weighted by Crippen LogP contribution is 2.20. The molecule has 0 amide bonds. The minimum absolute atomic E-state index is 0.100. The van der Waals surface area contributed by atoms with E-state index in [1.165, 1.54) is 0 Å². The van der Waals surface area contributed by atoms with Crippen LogP contribution >= 0.6 is 11.6 Å². The molecule has 4 heteroatoms. The summed E-state index contributed by atoms with van der Waals surface area (Å²) in [4.78, 5) is 11.1. The summed E-state index contributed by atoms with van der Waals surface area (Å²) < 4.78 is 4.86. The number of hydrogen-bond acceptors (Lipinski definition) is 3. The Labute approximate surface area is 113 Å². The van der Waals surface area contributed by atoms with Crippen molar-refractivity contribution in [2.45, 2.75) is 32.6 Å². The molecule has 0 atom stereocenters. The summed E-state index contributed by atoms with van der Waals surface area (Å²) in [6.07, 6.45) is 3.42. The van der Waals surface area contributed by atoms with Gasteiger partial charge in [0.1, 0.15) is 0 Å². The first-order valence-corrected chi connectivity index (χ1v) is 6.76. The van der Waals surface area contributed by atoms with Crippen molar-refractivity contribution in [3.63, 3.8) is 0 Å². The zero-order chi connectivity index (χ0) is 13.2. The Bertz CT molecular complexity index is 369. The van der Waals surface area contributed by atoms with E-state index in [2.05, 4.69) is 5.32 Å². The van der Waals surface area contributed by atoms with Crippen molar-refractivity contribution in [2.75, 3.05) is 18.5 Å². The molecule has 3 nitrogen and oxygen atoms in total. The maximum atomic E-state index is 11.1. The number of rotatable bonds is 8. The fourth-order valence-corrected chi connectivity index (χ4v) is 1.83. The zero-order valence-electron chi connectivity index (χ0n) is 10.7. The summed E-state index contributed by atoms with van der Waals surface area (Å²) in [5, 5.41) is 4.02. The van der Waals surface area contributed by atoms with Gasteiger partial charge in [0, 0.05) is 13.0 Å². The minimum Gasteiger partial charge on any atom is -0.466 e. The third-order valence-electron chi connectivity index (χ3n) is 2.55. The molecule has 1 rings (SSSR count). The Balaban J connectivity index is 2.06. The molecule has 18 heavy (non-hydrogen) atoms. The van der Waals surface area contributed by atoms with Gasteiger partial charge in [-0.15, -0.1) is 0 Å². The molecule has 1 aromatic rings. The van der Waals surface area contributed by atoms with E-state index < -0.39 is 0 Å². The first kappa shape index (κ1) is 14.8. The van der Waals surface area contributed by atoms with Crippen LogP contribution in [0.1, 0.15) is 32.6 Å². The lowest BCUT2D eigenvalue weighted by molar-refractivity contribution is -0.143. The highest BCUT2D eigenvalue weighted by atomic mass is 35.5. The molecular weight excluding hydrogens is 250 g/mol. The van der Waals surface area contributed by atoms with Gasteiger partial charge in [0.25, 0.3) is 0 Å². The molecule has 0 radical (unpaired) electrons. The van der Waals surface area contributed by atoms with Gasteiger partial charge < -0.3 is 10.1 Å². The van der Waals surface area contributed by atoms with Gasteiger partial charge in [0.05, 0.1) is 17.3 Å². The minimum atomic E-state index is -0.100. The number of carbonyl (C=O) groups is 1. The number of unbranched alkanes of at least 4 members (excludes halogenated alkanes) is 2. The van der Waals surface area contributed by atoms with E-state index in [9.17, 15) is 4.79 Å². The summed E-state index contributed by atoms with van der Waals surface area (Å²) in [5.41, 5.74) is 0.963. The maximum absolute atomic E-state index is 11.1. The predicted octanol–water partition coefficient (Wildman–Crippen LogP) is 3.88. The second-order valence-corrected chi connectivity index (χ2v) is 4.43. The van der Waals surface area contributed by atoms with Crippen LogP contribution in [0.2, 0.25) is 5.02 Å².